The predicted molar refractivity (Wildman–Crippen MR) is 388 cm³/mol. The number of nitrogens with zero attached hydrogens (tertiary/aromatic N) is 4. The van der Waals surface area contributed by atoms with Gasteiger partial charge in [0.2, 0.25) is 0 Å². The fraction of sp³-hybridized carbons (Fsp3) is 0.186. The van der Waals surface area contributed by atoms with Crippen LogP contribution in [0.4, 0.5) is 0 Å². The fourth-order valence-corrected chi connectivity index (χ4v) is 14.7. The van der Waals surface area contributed by atoms with Gasteiger partial charge in [-0.25, -0.2) is 9.97 Å². The SMILES string of the molecule is CC(C)(C)c1cc(-c2cc(-c3cc4c5c(c3)-n3c6cc(-c7ccccc7)cc(-c7ccccc7)c6c6cccc(c63)B5c3cccc5c6c(-c7ccccc7)cc(-c7ccccc7)cc6n-4c35)nc(-c3cc(C(C)(C)C)cc(C(C)(C)C)c3)n2)cc(C(C)(C)C)c1. The zero-order valence-electron chi connectivity index (χ0n) is 54.4. The molecule has 0 amide bonds. The number of aromatic nitrogens is 4. The third kappa shape index (κ3) is 9.25. The number of hydrogen-bond acceptors (Lipinski definition) is 2. The highest BCUT2D eigenvalue weighted by atomic mass is 15.0. The summed E-state index contributed by atoms with van der Waals surface area (Å²) in [6.07, 6.45) is 0. The lowest BCUT2D eigenvalue weighted by Crippen LogP contribution is -2.59. The van der Waals surface area contributed by atoms with Crippen molar-refractivity contribution in [2.24, 2.45) is 0 Å². The normalized spacial score (nSPS) is 13.0. The summed E-state index contributed by atoms with van der Waals surface area (Å²) in [5.41, 5.74) is 30.1. The van der Waals surface area contributed by atoms with Crippen molar-refractivity contribution in [3.05, 3.63) is 259 Å². The molecule has 3 aromatic heterocycles. The van der Waals surface area contributed by atoms with Crippen LogP contribution in [-0.4, -0.2) is 25.8 Å². The molecule has 0 aliphatic carbocycles. The Morgan fingerprint density at radius 1 is 0.297 bits per heavy atom. The summed E-state index contributed by atoms with van der Waals surface area (Å²) >= 11 is 0. The molecule has 91 heavy (non-hydrogen) atoms. The minimum Gasteiger partial charge on any atom is -0.310 e. The van der Waals surface area contributed by atoms with Gasteiger partial charge in [-0.3, -0.25) is 0 Å². The van der Waals surface area contributed by atoms with Crippen LogP contribution in [0.25, 0.3) is 133 Å². The molecule has 442 valence electrons. The standard InChI is InChI=1S/C86H75BN4/c1-83(2,3)61-39-58(40-62(49-61)84(4,5)6)71-51-72(89-82(88-71)60-41-63(85(7,8)9)50-64(42-60)86(10,11)12)59-47-75-79-76(48-59)91-74-46-57(53-29-19-14-20-30-53)44-68(55-33-23-16-24-34-55)78(74)66-36-26-38-70(81(66)91)87(79)69-37-25-35-65-77-67(54-31-21-15-22-32-54)43-56(52-27-17-13-18-28-52)45-73(77)90(75)80(65)69/h13-51H,1-12H3. The van der Waals surface area contributed by atoms with Crippen LogP contribution in [0.5, 0.6) is 0 Å². The Kier molecular flexibility index (Phi) is 12.6. The summed E-state index contributed by atoms with van der Waals surface area (Å²) in [6.45, 7) is 27.7. The van der Waals surface area contributed by atoms with E-state index >= 15 is 0 Å². The van der Waals surface area contributed by atoms with Gasteiger partial charge in [0, 0.05) is 60.6 Å². The maximum absolute atomic E-state index is 5.92. The molecule has 16 rings (SSSR count). The molecule has 2 aliphatic rings. The third-order valence-electron chi connectivity index (χ3n) is 19.7. The summed E-state index contributed by atoms with van der Waals surface area (Å²) in [4.78, 5) is 11.7. The number of benzene rings is 11. The second-order valence-corrected chi connectivity index (χ2v) is 29.9. The van der Waals surface area contributed by atoms with E-state index < -0.39 is 0 Å². The lowest BCUT2D eigenvalue weighted by atomic mass is 9.34. The van der Waals surface area contributed by atoms with Crippen LogP contribution in [0.3, 0.4) is 0 Å². The Morgan fingerprint density at radius 2 is 0.648 bits per heavy atom. The first-order chi connectivity index (χ1) is 43.6. The largest absolute Gasteiger partial charge is 0.310 e. The van der Waals surface area contributed by atoms with Gasteiger partial charge < -0.3 is 9.13 Å². The molecule has 4 nitrogen and oxygen atoms in total. The van der Waals surface area contributed by atoms with Crippen LogP contribution in [0, 0.1) is 0 Å². The molecule has 0 bridgehead atoms. The Morgan fingerprint density at radius 3 is 1.02 bits per heavy atom. The summed E-state index contributed by atoms with van der Waals surface area (Å²) < 4.78 is 5.29. The molecule has 0 saturated carbocycles. The van der Waals surface area contributed by atoms with Gasteiger partial charge >= 0.3 is 0 Å². The van der Waals surface area contributed by atoms with E-state index in [1.54, 1.807) is 0 Å². The van der Waals surface area contributed by atoms with Crippen LogP contribution in [0.2, 0.25) is 0 Å². The Balaban J connectivity index is 1.08. The molecule has 0 atom stereocenters. The van der Waals surface area contributed by atoms with Crippen LogP contribution in [0.1, 0.15) is 105 Å². The molecule has 5 heterocycles. The quantitative estimate of drug-likeness (QED) is 0.149. The second kappa shape index (κ2) is 20.3. The number of rotatable bonds is 7. The van der Waals surface area contributed by atoms with Crippen molar-refractivity contribution in [1.29, 1.82) is 0 Å². The molecule has 0 radical (unpaired) electrons. The fourth-order valence-electron chi connectivity index (χ4n) is 14.7. The first-order valence-corrected chi connectivity index (χ1v) is 32.5. The van der Waals surface area contributed by atoms with E-state index in [1.165, 1.54) is 127 Å². The highest BCUT2D eigenvalue weighted by molar-refractivity contribution is 7.00. The zero-order valence-corrected chi connectivity index (χ0v) is 54.4. The van der Waals surface area contributed by atoms with Crippen molar-refractivity contribution in [2.75, 3.05) is 0 Å². The molecule has 5 heteroatoms. The van der Waals surface area contributed by atoms with Gasteiger partial charge in [0.1, 0.15) is 0 Å². The van der Waals surface area contributed by atoms with Crippen molar-refractivity contribution in [1.82, 2.24) is 19.1 Å². The molecule has 0 unspecified atom stereocenters. The van der Waals surface area contributed by atoms with Crippen LogP contribution in [-0.2, 0) is 21.7 Å². The highest BCUT2D eigenvalue weighted by Crippen LogP contribution is 2.48. The second-order valence-electron chi connectivity index (χ2n) is 29.9. The first-order valence-electron chi connectivity index (χ1n) is 32.5. The average molecular weight is 1180 g/mol. The van der Waals surface area contributed by atoms with Crippen LogP contribution in [0.15, 0.2) is 237 Å². The first kappa shape index (κ1) is 56.4. The zero-order chi connectivity index (χ0) is 62.6. The van der Waals surface area contributed by atoms with Gasteiger partial charge in [0.25, 0.3) is 6.71 Å². The summed E-state index contributed by atoms with van der Waals surface area (Å²) in [5, 5.41) is 4.98. The van der Waals surface area contributed by atoms with Crippen LogP contribution < -0.4 is 16.4 Å². The molecule has 0 spiro atoms. The summed E-state index contributed by atoms with van der Waals surface area (Å²) in [5.74, 6) is 0.713. The minimum absolute atomic E-state index is 0.0916. The van der Waals surface area contributed by atoms with E-state index in [0.29, 0.717) is 5.82 Å². The molecule has 0 N–H and O–H groups in total. The van der Waals surface area contributed by atoms with Crippen LogP contribution >= 0.6 is 0 Å². The van der Waals surface area contributed by atoms with Gasteiger partial charge in [-0.1, -0.05) is 253 Å². The highest BCUT2D eigenvalue weighted by Gasteiger charge is 2.42. The van der Waals surface area contributed by atoms with Crippen molar-refractivity contribution >= 4 is 66.7 Å². The maximum atomic E-state index is 5.92. The lowest BCUT2D eigenvalue weighted by Gasteiger charge is -2.34. The van der Waals surface area contributed by atoms with Crippen molar-refractivity contribution in [3.63, 3.8) is 0 Å². The molecule has 11 aromatic carbocycles. The van der Waals surface area contributed by atoms with E-state index in [-0.39, 0.29) is 28.4 Å². The molecular formula is C86H75BN4. The smallest absolute Gasteiger partial charge is 0.252 e. The minimum atomic E-state index is -0.124. The molecule has 0 fully saturated rings. The summed E-state index contributed by atoms with van der Waals surface area (Å²) in [7, 11) is 0. The number of hydrogen-bond donors (Lipinski definition) is 0. The van der Waals surface area contributed by atoms with E-state index in [0.717, 1.165) is 39.5 Å². The predicted octanol–water partition coefficient (Wildman–Crippen LogP) is 20.7. The number of para-hydroxylation sites is 2. The van der Waals surface area contributed by atoms with Gasteiger partial charge in [0.15, 0.2) is 5.82 Å². The lowest BCUT2D eigenvalue weighted by molar-refractivity contribution is 0.568. The van der Waals surface area contributed by atoms with Crippen molar-refractivity contribution in [3.8, 4) is 89.8 Å². The Labute approximate surface area is 536 Å². The average Bonchev–Trinajstić information content (AvgIpc) is 1.54. The molecule has 0 saturated heterocycles. The van der Waals surface area contributed by atoms with Gasteiger partial charge in [-0.15, -0.1) is 0 Å². The van der Waals surface area contributed by atoms with E-state index in [9.17, 15) is 0 Å². The van der Waals surface area contributed by atoms with Crippen molar-refractivity contribution in [2.45, 2.75) is 105 Å². The topological polar surface area (TPSA) is 35.6 Å². The molecular weight excluding hydrogens is 1100 g/mol. The van der Waals surface area contributed by atoms with E-state index in [4.69, 9.17) is 9.97 Å². The van der Waals surface area contributed by atoms with Gasteiger partial charge in [-0.05, 0) is 172 Å². The maximum Gasteiger partial charge on any atom is 0.252 e. The van der Waals surface area contributed by atoms with Crippen molar-refractivity contribution < 1.29 is 0 Å². The molecule has 2 aliphatic heterocycles. The number of fused-ring (bicyclic) bond motifs is 10. The van der Waals surface area contributed by atoms with E-state index in [2.05, 4.69) is 329 Å². The molecule has 14 aromatic rings. The third-order valence-corrected chi connectivity index (χ3v) is 19.7. The monoisotopic (exact) mass is 1170 g/mol. The Bertz CT molecular complexity index is 4900. The van der Waals surface area contributed by atoms with E-state index in [1.807, 2.05) is 0 Å². The summed E-state index contributed by atoms with van der Waals surface area (Å²) in [6, 6.07) is 89.5. The Hall–Kier alpha value is -9.84. The van der Waals surface area contributed by atoms with Gasteiger partial charge in [0.05, 0.1) is 22.4 Å². The van der Waals surface area contributed by atoms with Gasteiger partial charge in [-0.2, -0.15) is 0 Å².